The maximum atomic E-state index is 12.3. The van der Waals surface area contributed by atoms with Crippen molar-refractivity contribution < 1.29 is 19.1 Å². The van der Waals surface area contributed by atoms with Crippen LogP contribution in [-0.4, -0.2) is 30.9 Å². The van der Waals surface area contributed by atoms with E-state index in [2.05, 4.69) is 5.32 Å². The van der Waals surface area contributed by atoms with Crippen molar-refractivity contribution in [3.63, 3.8) is 0 Å². The molecule has 132 valence electrons. The van der Waals surface area contributed by atoms with Gasteiger partial charge in [0, 0.05) is 18.3 Å². The molecule has 2 aromatic carbocycles. The molecule has 7 nitrogen and oxygen atoms in total. The van der Waals surface area contributed by atoms with Gasteiger partial charge in [0.2, 0.25) is 5.91 Å². The smallest absolute Gasteiger partial charge is 0.338 e. The van der Waals surface area contributed by atoms with Gasteiger partial charge in [-0.25, -0.2) is 4.79 Å². The Labute approximate surface area is 150 Å². The van der Waals surface area contributed by atoms with Crippen LogP contribution in [0.5, 0.6) is 0 Å². The van der Waals surface area contributed by atoms with Crippen LogP contribution in [0.2, 0.25) is 0 Å². The summed E-state index contributed by atoms with van der Waals surface area (Å²) >= 11 is 0. The van der Waals surface area contributed by atoms with Gasteiger partial charge in [0.05, 0.1) is 11.6 Å². The fraction of sp³-hybridized carbons (Fsp3) is 0.158. The molecular formula is C19H17N3O4. The summed E-state index contributed by atoms with van der Waals surface area (Å²) in [7, 11) is 0. The molecule has 26 heavy (non-hydrogen) atoms. The molecular weight excluding hydrogens is 334 g/mol. The Morgan fingerprint density at radius 1 is 1.08 bits per heavy atom. The number of hydrogen-bond acceptors (Lipinski definition) is 5. The Kier molecular flexibility index (Phi) is 6.46. The highest BCUT2D eigenvalue weighted by Crippen LogP contribution is 2.14. The third kappa shape index (κ3) is 5.18. The number of hydrogen-bond donors (Lipinski definition) is 1. The summed E-state index contributed by atoms with van der Waals surface area (Å²) in [4.78, 5) is 36.6. The summed E-state index contributed by atoms with van der Waals surface area (Å²) in [6, 6.07) is 16.7. The molecule has 0 aliphatic rings. The molecule has 0 fully saturated rings. The van der Waals surface area contributed by atoms with Crippen LogP contribution in [0.4, 0.5) is 11.4 Å². The number of carbonyl (C=O) groups is 3. The molecule has 0 radical (unpaired) electrons. The van der Waals surface area contributed by atoms with E-state index in [1.807, 2.05) is 6.07 Å². The Hall–Kier alpha value is -3.66. The van der Waals surface area contributed by atoms with Crippen LogP contribution >= 0.6 is 0 Å². The molecule has 2 amide bonds. The number of ether oxygens (including phenoxy) is 1. The van der Waals surface area contributed by atoms with Crippen molar-refractivity contribution in [2.75, 3.05) is 23.4 Å². The minimum atomic E-state index is -0.669. The zero-order valence-corrected chi connectivity index (χ0v) is 14.1. The first-order valence-electron chi connectivity index (χ1n) is 7.78. The van der Waals surface area contributed by atoms with Gasteiger partial charge in [-0.2, -0.15) is 5.26 Å². The van der Waals surface area contributed by atoms with Crippen molar-refractivity contribution in [3.05, 3.63) is 60.2 Å². The Bertz CT molecular complexity index is 826. The van der Waals surface area contributed by atoms with Crippen LogP contribution in [0.1, 0.15) is 17.3 Å². The number of nitrogens with one attached hydrogen (secondary N) is 1. The fourth-order valence-electron chi connectivity index (χ4n) is 2.18. The third-order valence-corrected chi connectivity index (χ3v) is 3.37. The van der Waals surface area contributed by atoms with Gasteiger partial charge in [0.15, 0.2) is 6.61 Å². The van der Waals surface area contributed by atoms with Gasteiger partial charge < -0.3 is 10.1 Å². The van der Waals surface area contributed by atoms with Crippen molar-refractivity contribution in [3.8, 4) is 6.07 Å². The first-order valence-corrected chi connectivity index (χ1v) is 7.78. The van der Waals surface area contributed by atoms with E-state index >= 15 is 0 Å². The van der Waals surface area contributed by atoms with E-state index in [0.717, 1.165) is 0 Å². The van der Waals surface area contributed by atoms with E-state index in [1.54, 1.807) is 42.5 Å². The highest BCUT2D eigenvalue weighted by molar-refractivity contribution is 5.97. The SMILES string of the molecule is CC(=O)Nc1ccc(C(=O)OCC(=O)N(CC#N)c2ccccc2)cc1. The molecule has 1 N–H and O–H groups in total. The summed E-state index contributed by atoms with van der Waals surface area (Å²) in [6.07, 6.45) is 0. The van der Waals surface area contributed by atoms with Gasteiger partial charge in [-0.15, -0.1) is 0 Å². The standard InChI is InChI=1S/C19H17N3O4/c1-14(23)21-16-9-7-15(8-10-16)19(25)26-13-18(24)22(12-11-20)17-5-3-2-4-6-17/h2-10H,12-13H2,1H3,(H,21,23). The van der Waals surface area contributed by atoms with Gasteiger partial charge in [-0.1, -0.05) is 18.2 Å². The molecule has 0 spiro atoms. The van der Waals surface area contributed by atoms with Crippen molar-refractivity contribution in [1.82, 2.24) is 0 Å². The zero-order valence-electron chi connectivity index (χ0n) is 14.1. The highest BCUT2D eigenvalue weighted by atomic mass is 16.5. The number of anilines is 2. The molecule has 0 aliphatic heterocycles. The van der Waals surface area contributed by atoms with Crippen LogP contribution in [0.25, 0.3) is 0 Å². The lowest BCUT2D eigenvalue weighted by molar-refractivity contribution is -0.121. The fourth-order valence-corrected chi connectivity index (χ4v) is 2.18. The van der Waals surface area contributed by atoms with E-state index < -0.39 is 18.5 Å². The summed E-state index contributed by atoms with van der Waals surface area (Å²) in [5, 5.41) is 11.5. The zero-order chi connectivity index (χ0) is 18.9. The predicted molar refractivity (Wildman–Crippen MR) is 95.4 cm³/mol. The number of nitriles is 1. The van der Waals surface area contributed by atoms with Crippen LogP contribution in [0, 0.1) is 11.3 Å². The van der Waals surface area contributed by atoms with E-state index in [1.165, 1.54) is 24.0 Å². The van der Waals surface area contributed by atoms with Crippen molar-refractivity contribution in [1.29, 1.82) is 5.26 Å². The number of benzene rings is 2. The summed E-state index contributed by atoms with van der Waals surface area (Å²) in [6.45, 7) is 0.752. The molecule has 0 bridgehead atoms. The first-order chi connectivity index (χ1) is 12.5. The largest absolute Gasteiger partial charge is 0.452 e. The van der Waals surface area contributed by atoms with E-state index in [4.69, 9.17) is 10.00 Å². The molecule has 0 aromatic heterocycles. The Balaban J connectivity index is 1.98. The molecule has 7 heteroatoms. The van der Waals surface area contributed by atoms with Crippen LogP contribution in [0.15, 0.2) is 54.6 Å². The van der Waals surface area contributed by atoms with Crippen LogP contribution < -0.4 is 10.2 Å². The average molecular weight is 351 g/mol. The highest BCUT2D eigenvalue weighted by Gasteiger charge is 2.18. The topological polar surface area (TPSA) is 99.5 Å². The van der Waals surface area contributed by atoms with Crippen molar-refractivity contribution in [2.24, 2.45) is 0 Å². The Morgan fingerprint density at radius 3 is 2.31 bits per heavy atom. The lowest BCUT2D eigenvalue weighted by Gasteiger charge is -2.19. The van der Waals surface area contributed by atoms with Gasteiger partial charge in [-0.3, -0.25) is 14.5 Å². The number of para-hydroxylation sites is 1. The molecule has 2 rings (SSSR count). The monoisotopic (exact) mass is 351 g/mol. The van der Waals surface area contributed by atoms with Gasteiger partial charge in [0.25, 0.3) is 5.91 Å². The van der Waals surface area contributed by atoms with Crippen molar-refractivity contribution in [2.45, 2.75) is 6.92 Å². The van der Waals surface area contributed by atoms with Gasteiger partial charge >= 0.3 is 5.97 Å². The van der Waals surface area contributed by atoms with E-state index in [0.29, 0.717) is 11.4 Å². The average Bonchev–Trinajstić information content (AvgIpc) is 2.64. The van der Waals surface area contributed by atoms with Crippen LogP contribution in [0.3, 0.4) is 0 Å². The van der Waals surface area contributed by atoms with Crippen molar-refractivity contribution >= 4 is 29.2 Å². The minimum absolute atomic E-state index is 0.147. The molecule has 0 atom stereocenters. The molecule has 2 aromatic rings. The molecule has 0 aliphatic carbocycles. The predicted octanol–water partition coefficient (Wildman–Crippen LogP) is 2.36. The molecule has 0 saturated carbocycles. The first kappa shape index (κ1) is 18.7. The van der Waals surface area contributed by atoms with Crippen LogP contribution in [-0.2, 0) is 14.3 Å². The lowest BCUT2D eigenvalue weighted by atomic mass is 10.2. The minimum Gasteiger partial charge on any atom is -0.452 e. The summed E-state index contributed by atoms with van der Waals surface area (Å²) in [5.74, 6) is -1.39. The maximum absolute atomic E-state index is 12.3. The molecule has 0 saturated heterocycles. The second-order valence-corrected chi connectivity index (χ2v) is 5.31. The number of nitrogens with zero attached hydrogens (tertiary/aromatic N) is 2. The van der Waals surface area contributed by atoms with Gasteiger partial charge in [0.1, 0.15) is 6.54 Å². The maximum Gasteiger partial charge on any atom is 0.338 e. The lowest BCUT2D eigenvalue weighted by Crippen LogP contribution is -2.35. The number of esters is 1. The molecule has 0 unspecified atom stereocenters. The molecule has 0 heterocycles. The second kappa shape index (κ2) is 8.99. The number of rotatable bonds is 6. The number of carbonyl (C=O) groups excluding carboxylic acids is 3. The number of amides is 2. The third-order valence-electron chi connectivity index (χ3n) is 3.37. The van der Waals surface area contributed by atoms with E-state index in [-0.39, 0.29) is 18.0 Å². The quantitative estimate of drug-likeness (QED) is 0.636. The summed E-state index contributed by atoms with van der Waals surface area (Å²) in [5.41, 5.74) is 1.35. The second-order valence-electron chi connectivity index (χ2n) is 5.31. The normalized spacial score (nSPS) is 9.69. The Morgan fingerprint density at radius 2 is 1.73 bits per heavy atom. The van der Waals surface area contributed by atoms with Gasteiger partial charge in [-0.05, 0) is 36.4 Å². The van der Waals surface area contributed by atoms with E-state index in [9.17, 15) is 14.4 Å². The summed E-state index contributed by atoms with van der Waals surface area (Å²) < 4.78 is 5.03.